The maximum Gasteiger partial charge on any atom is 0.325 e. The van der Waals surface area contributed by atoms with E-state index in [4.69, 9.17) is 0 Å². The zero-order chi connectivity index (χ0) is 28.0. The summed E-state index contributed by atoms with van der Waals surface area (Å²) in [5, 5.41) is 3.00. The number of urea groups is 1. The highest BCUT2D eigenvalue weighted by Gasteiger charge is 2.62. The average Bonchev–Trinajstić information content (AvgIpc) is 3.06. The summed E-state index contributed by atoms with van der Waals surface area (Å²) < 4.78 is 0. The number of likely N-dealkylation sites (tertiary alicyclic amines) is 1. The molecule has 1 spiro atoms. The number of carbonyl (C=O) groups excluding carboxylic acids is 4. The standard InChI is InChI=1S/C31H47N3O4/c1-6-7-8-9-10-11-12-13-14-18-21-33-27(37)31(32-28(33)38)22-29(2,3)34(30(4,5)23-31)26(36)25(35)24-19-16-15-17-20-24/h15-17,19-20H,6-14,18,21-23H2,1-5H3,(H,32,38). The van der Waals surface area contributed by atoms with Crippen molar-refractivity contribution in [3.05, 3.63) is 35.9 Å². The lowest BCUT2D eigenvalue weighted by atomic mass is 9.68. The van der Waals surface area contributed by atoms with Crippen LogP contribution in [0.2, 0.25) is 0 Å². The van der Waals surface area contributed by atoms with Crippen LogP contribution in [-0.2, 0) is 9.59 Å². The summed E-state index contributed by atoms with van der Waals surface area (Å²) in [5.41, 5.74) is -2.37. The summed E-state index contributed by atoms with van der Waals surface area (Å²) in [4.78, 5) is 56.1. The number of nitrogens with one attached hydrogen (secondary N) is 1. The molecule has 0 aromatic heterocycles. The van der Waals surface area contributed by atoms with E-state index >= 15 is 0 Å². The molecule has 2 aliphatic rings. The monoisotopic (exact) mass is 525 g/mol. The van der Waals surface area contributed by atoms with E-state index in [1.807, 2.05) is 27.7 Å². The van der Waals surface area contributed by atoms with Gasteiger partial charge in [0.1, 0.15) is 5.54 Å². The Hall–Kier alpha value is -2.70. The second-order valence-electron chi connectivity index (χ2n) is 12.5. The van der Waals surface area contributed by atoms with E-state index in [9.17, 15) is 19.2 Å². The number of carbonyl (C=O) groups is 4. The molecule has 0 aliphatic carbocycles. The van der Waals surface area contributed by atoms with Gasteiger partial charge in [-0.1, -0.05) is 95.0 Å². The van der Waals surface area contributed by atoms with Gasteiger partial charge in [-0.15, -0.1) is 0 Å². The molecular formula is C31H47N3O4. The van der Waals surface area contributed by atoms with Gasteiger partial charge in [0.15, 0.2) is 0 Å². The predicted molar refractivity (Wildman–Crippen MR) is 150 cm³/mol. The van der Waals surface area contributed by atoms with Gasteiger partial charge in [-0.3, -0.25) is 19.3 Å². The SMILES string of the molecule is CCCCCCCCCCCCN1C(=O)NC2(CC(C)(C)N(C(=O)C(=O)c3ccccc3)C(C)(C)C2)C1=O. The van der Waals surface area contributed by atoms with Gasteiger partial charge in [-0.25, -0.2) is 4.79 Å². The zero-order valence-electron chi connectivity index (χ0n) is 24.1. The maximum absolute atomic E-state index is 13.7. The van der Waals surface area contributed by atoms with Gasteiger partial charge in [0, 0.05) is 36.0 Å². The van der Waals surface area contributed by atoms with E-state index in [0.717, 1.165) is 19.3 Å². The number of Topliss-reactive ketones (excluding diaryl/α,β-unsaturated/α-hetero) is 1. The minimum Gasteiger partial charge on any atom is -0.325 e. The van der Waals surface area contributed by atoms with Crippen molar-refractivity contribution >= 4 is 23.6 Å². The Balaban J connectivity index is 1.59. The van der Waals surface area contributed by atoms with Crippen LogP contribution in [0.5, 0.6) is 0 Å². The molecule has 1 N–H and O–H groups in total. The van der Waals surface area contributed by atoms with Crippen LogP contribution in [0.25, 0.3) is 0 Å². The van der Waals surface area contributed by atoms with E-state index in [0.29, 0.717) is 12.1 Å². The molecule has 0 atom stereocenters. The van der Waals surface area contributed by atoms with Crippen molar-refractivity contribution < 1.29 is 19.2 Å². The third-order valence-electron chi connectivity index (χ3n) is 8.09. The van der Waals surface area contributed by atoms with Crippen LogP contribution < -0.4 is 5.32 Å². The van der Waals surface area contributed by atoms with E-state index in [1.165, 1.54) is 49.8 Å². The molecule has 0 saturated carbocycles. The Labute approximate surface area is 228 Å². The number of benzene rings is 1. The van der Waals surface area contributed by atoms with Crippen LogP contribution >= 0.6 is 0 Å². The number of unbranched alkanes of at least 4 members (excludes halogenated alkanes) is 9. The molecule has 210 valence electrons. The molecule has 2 saturated heterocycles. The van der Waals surface area contributed by atoms with Crippen LogP contribution in [-0.4, -0.2) is 56.6 Å². The van der Waals surface area contributed by atoms with Crippen molar-refractivity contribution in [2.75, 3.05) is 6.54 Å². The van der Waals surface area contributed by atoms with E-state index in [2.05, 4.69) is 12.2 Å². The molecule has 7 nitrogen and oxygen atoms in total. The number of hydrogen-bond donors (Lipinski definition) is 1. The van der Waals surface area contributed by atoms with E-state index < -0.39 is 28.3 Å². The predicted octanol–water partition coefficient (Wildman–Crippen LogP) is 6.26. The highest BCUT2D eigenvalue weighted by molar-refractivity contribution is 6.43. The van der Waals surface area contributed by atoms with Crippen LogP contribution in [0.1, 0.15) is 122 Å². The van der Waals surface area contributed by atoms with Crippen molar-refractivity contribution in [1.29, 1.82) is 0 Å². The van der Waals surface area contributed by atoms with Gasteiger partial charge < -0.3 is 10.2 Å². The number of amides is 4. The number of imide groups is 1. The van der Waals surface area contributed by atoms with E-state index in [-0.39, 0.29) is 24.8 Å². The topological polar surface area (TPSA) is 86.8 Å². The number of nitrogens with zero attached hydrogens (tertiary/aromatic N) is 2. The summed E-state index contributed by atoms with van der Waals surface area (Å²) in [5.74, 6) is -1.35. The molecule has 38 heavy (non-hydrogen) atoms. The van der Waals surface area contributed by atoms with Crippen molar-refractivity contribution in [2.24, 2.45) is 0 Å². The van der Waals surface area contributed by atoms with E-state index in [1.54, 1.807) is 35.2 Å². The fourth-order valence-corrected chi connectivity index (χ4v) is 6.76. The molecule has 0 unspecified atom stereocenters. The highest BCUT2D eigenvalue weighted by atomic mass is 16.2. The lowest BCUT2D eigenvalue weighted by molar-refractivity contribution is -0.154. The molecule has 2 aliphatic heterocycles. The second kappa shape index (κ2) is 12.4. The minimum atomic E-state index is -1.07. The van der Waals surface area contributed by atoms with Gasteiger partial charge in [0.05, 0.1) is 0 Å². The Kier molecular flexibility index (Phi) is 9.77. The summed E-state index contributed by atoms with van der Waals surface area (Å²) in [6.07, 6.45) is 12.4. The minimum absolute atomic E-state index is 0.207. The number of piperidine rings is 1. The van der Waals surface area contributed by atoms with Crippen LogP contribution in [0.3, 0.4) is 0 Å². The summed E-state index contributed by atoms with van der Waals surface area (Å²) in [6, 6.07) is 8.19. The first-order chi connectivity index (χ1) is 17.9. The molecule has 0 bridgehead atoms. The highest BCUT2D eigenvalue weighted by Crippen LogP contribution is 2.46. The van der Waals surface area contributed by atoms with Gasteiger partial charge >= 0.3 is 6.03 Å². The summed E-state index contributed by atoms with van der Waals surface area (Å²) >= 11 is 0. The third-order valence-corrected chi connectivity index (χ3v) is 8.09. The van der Waals surface area contributed by atoms with Gasteiger partial charge in [0.25, 0.3) is 11.8 Å². The van der Waals surface area contributed by atoms with Crippen molar-refractivity contribution in [3.8, 4) is 0 Å². The molecule has 2 fully saturated rings. The maximum atomic E-state index is 13.7. The van der Waals surface area contributed by atoms with Crippen LogP contribution in [0, 0.1) is 0 Å². The largest absolute Gasteiger partial charge is 0.325 e. The number of hydrogen-bond acceptors (Lipinski definition) is 4. The molecule has 4 amide bonds. The Morgan fingerprint density at radius 2 is 1.29 bits per heavy atom. The zero-order valence-corrected chi connectivity index (χ0v) is 24.1. The molecule has 3 rings (SSSR count). The normalized spacial score (nSPS) is 19.6. The molecule has 7 heteroatoms. The number of rotatable bonds is 13. The quantitative estimate of drug-likeness (QED) is 0.142. The number of ketones is 1. The summed E-state index contributed by atoms with van der Waals surface area (Å²) in [7, 11) is 0. The lowest BCUT2D eigenvalue weighted by Crippen LogP contribution is -2.71. The molecule has 1 aromatic rings. The smallest absolute Gasteiger partial charge is 0.325 e. The summed E-state index contributed by atoms with van der Waals surface area (Å²) in [6.45, 7) is 10.1. The van der Waals surface area contributed by atoms with Crippen LogP contribution in [0.4, 0.5) is 4.79 Å². The molecule has 2 heterocycles. The lowest BCUT2D eigenvalue weighted by Gasteiger charge is -2.57. The second-order valence-corrected chi connectivity index (χ2v) is 12.5. The molecule has 1 aromatic carbocycles. The van der Waals surface area contributed by atoms with Crippen molar-refractivity contribution in [3.63, 3.8) is 0 Å². The first kappa shape index (κ1) is 29.9. The molecule has 0 radical (unpaired) electrons. The Bertz CT molecular complexity index is 984. The van der Waals surface area contributed by atoms with Gasteiger partial charge in [-0.05, 0) is 34.1 Å². The Morgan fingerprint density at radius 3 is 1.82 bits per heavy atom. The first-order valence-electron chi connectivity index (χ1n) is 14.5. The third kappa shape index (κ3) is 6.65. The fourth-order valence-electron chi connectivity index (χ4n) is 6.76. The average molecular weight is 526 g/mol. The van der Waals surface area contributed by atoms with Crippen LogP contribution in [0.15, 0.2) is 30.3 Å². The van der Waals surface area contributed by atoms with Crippen molar-refractivity contribution in [1.82, 2.24) is 15.1 Å². The van der Waals surface area contributed by atoms with Gasteiger partial charge in [0.2, 0.25) is 5.78 Å². The van der Waals surface area contributed by atoms with Crippen molar-refractivity contribution in [2.45, 2.75) is 128 Å². The van der Waals surface area contributed by atoms with Gasteiger partial charge in [-0.2, -0.15) is 0 Å². The Morgan fingerprint density at radius 1 is 0.789 bits per heavy atom. The molecular weight excluding hydrogens is 478 g/mol. The first-order valence-corrected chi connectivity index (χ1v) is 14.5. The fraction of sp³-hybridized carbons (Fsp3) is 0.677.